The van der Waals surface area contributed by atoms with Crippen LogP contribution in [0.2, 0.25) is 0 Å². The molecule has 4 rings (SSSR count). The molecule has 0 radical (unpaired) electrons. The van der Waals surface area contributed by atoms with Gasteiger partial charge in [0, 0.05) is 30.8 Å². The van der Waals surface area contributed by atoms with Crippen molar-refractivity contribution in [2.75, 3.05) is 13.7 Å². The Kier molecular flexibility index (Phi) is 7.42. The Morgan fingerprint density at radius 1 is 1.18 bits per heavy atom. The summed E-state index contributed by atoms with van der Waals surface area (Å²) in [6.07, 6.45) is 2.34. The van der Waals surface area contributed by atoms with Gasteiger partial charge in [0.05, 0.1) is 24.9 Å². The van der Waals surface area contributed by atoms with Crippen molar-refractivity contribution >= 4 is 5.91 Å². The van der Waals surface area contributed by atoms with E-state index in [0.717, 1.165) is 30.5 Å². The van der Waals surface area contributed by atoms with E-state index in [0.29, 0.717) is 30.6 Å². The van der Waals surface area contributed by atoms with Crippen LogP contribution in [0.25, 0.3) is 0 Å². The molecule has 1 aliphatic heterocycles. The van der Waals surface area contributed by atoms with E-state index in [1.54, 1.807) is 11.9 Å². The van der Waals surface area contributed by atoms with E-state index >= 15 is 0 Å². The van der Waals surface area contributed by atoms with Gasteiger partial charge in [0.2, 0.25) is 5.88 Å². The van der Waals surface area contributed by atoms with Crippen molar-refractivity contribution in [2.24, 2.45) is 0 Å². The summed E-state index contributed by atoms with van der Waals surface area (Å²) in [5, 5.41) is 21.3. The second kappa shape index (κ2) is 10.6. The van der Waals surface area contributed by atoms with Crippen molar-refractivity contribution < 1.29 is 14.6 Å². The molecule has 3 aromatic rings. The molecule has 0 aliphatic carbocycles. The summed E-state index contributed by atoms with van der Waals surface area (Å²) in [6.45, 7) is 2.88. The van der Waals surface area contributed by atoms with E-state index in [4.69, 9.17) is 4.74 Å². The maximum atomic E-state index is 12.8. The minimum absolute atomic E-state index is 0.0486. The lowest BCUT2D eigenvalue weighted by atomic mass is 10.0. The zero-order valence-electron chi connectivity index (χ0n) is 19.2. The van der Waals surface area contributed by atoms with Crippen LogP contribution in [0, 0.1) is 0 Å². The number of nitrogens with zero attached hydrogens (tertiary/aromatic N) is 2. The number of aliphatic hydroxyl groups excluding tert-OH is 1. The summed E-state index contributed by atoms with van der Waals surface area (Å²) < 4.78 is 5.38. The Bertz CT molecular complexity index is 1040. The number of carbonyl (C=O) groups is 1. The maximum absolute atomic E-state index is 12.8. The smallest absolute Gasteiger partial charge is 0.253 e. The van der Waals surface area contributed by atoms with Crippen molar-refractivity contribution in [1.82, 2.24) is 20.4 Å². The van der Waals surface area contributed by atoms with E-state index in [2.05, 4.69) is 15.5 Å². The number of nitrogens with one attached hydrogen (secondary N) is 2. The number of aliphatic hydroxyl groups is 1. The van der Waals surface area contributed by atoms with Crippen LogP contribution in [0.1, 0.15) is 53.0 Å². The van der Waals surface area contributed by atoms with Crippen molar-refractivity contribution in [3.05, 3.63) is 83.0 Å². The number of hydrogen-bond donors (Lipinski definition) is 3. The standard InChI is InChI=1S/C26H32N4O3/c1-3-33-24-16-22(28-29-24)17-30(2)26(32)20-11-9-18(10-12-20)15-21-13-14-23(27-21)25(31)19-7-5-4-6-8-19/h4-12,16,21,23,25,27,31H,3,13-15,17H2,1-2H3,(H,28,29)/t21-,23+,25+/m0/s1. The Morgan fingerprint density at radius 3 is 2.67 bits per heavy atom. The van der Waals surface area contributed by atoms with Crippen molar-refractivity contribution in [3.8, 4) is 5.88 Å². The second-order valence-electron chi connectivity index (χ2n) is 8.62. The summed E-state index contributed by atoms with van der Waals surface area (Å²) in [5.41, 5.74) is 3.53. The fraction of sp³-hybridized carbons (Fsp3) is 0.385. The Labute approximate surface area is 194 Å². The van der Waals surface area contributed by atoms with Crippen LogP contribution in [-0.4, -0.2) is 51.8 Å². The predicted octanol–water partition coefficient (Wildman–Crippen LogP) is 3.48. The third kappa shape index (κ3) is 5.80. The van der Waals surface area contributed by atoms with Crippen LogP contribution in [-0.2, 0) is 13.0 Å². The van der Waals surface area contributed by atoms with Gasteiger partial charge in [-0.1, -0.05) is 42.5 Å². The molecule has 1 amide bonds. The number of aromatic nitrogens is 2. The first-order valence-electron chi connectivity index (χ1n) is 11.5. The molecule has 1 aliphatic rings. The van der Waals surface area contributed by atoms with E-state index in [1.807, 2.05) is 67.6 Å². The van der Waals surface area contributed by atoms with Crippen molar-refractivity contribution in [3.63, 3.8) is 0 Å². The van der Waals surface area contributed by atoms with Crippen LogP contribution in [0.4, 0.5) is 0 Å². The van der Waals surface area contributed by atoms with Gasteiger partial charge >= 0.3 is 0 Å². The Balaban J connectivity index is 1.29. The lowest BCUT2D eigenvalue weighted by Crippen LogP contribution is -2.35. The van der Waals surface area contributed by atoms with E-state index in [9.17, 15) is 9.90 Å². The lowest BCUT2D eigenvalue weighted by Gasteiger charge is -2.20. The van der Waals surface area contributed by atoms with Gasteiger partial charge in [-0.25, -0.2) is 5.10 Å². The van der Waals surface area contributed by atoms with Gasteiger partial charge in [-0.15, -0.1) is 0 Å². The van der Waals surface area contributed by atoms with Crippen LogP contribution in [0.3, 0.4) is 0 Å². The first kappa shape index (κ1) is 23.0. The first-order valence-corrected chi connectivity index (χ1v) is 11.5. The van der Waals surface area contributed by atoms with Crippen LogP contribution in [0.5, 0.6) is 5.88 Å². The zero-order valence-corrected chi connectivity index (χ0v) is 19.2. The average molecular weight is 449 g/mol. The molecule has 3 N–H and O–H groups in total. The molecule has 33 heavy (non-hydrogen) atoms. The molecule has 1 saturated heterocycles. The van der Waals surface area contributed by atoms with Gasteiger partial charge in [0.1, 0.15) is 0 Å². The SMILES string of the molecule is CCOc1cc(CN(C)C(=O)c2ccc(C[C@@H]3CC[C@H]([C@H](O)c4ccccc4)N3)cc2)n[nH]1. The normalized spacial score (nSPS) is 18.8. The maximum Gasteiger partial charge on any atom is 0.253 e. The van der Waals surface area contributed by atoms with Gasteiger partial charge in [-0.05, 0) is 49.4 Å². The number of amides is 1. The second-order valence-corrected chi connectivity index (χ2v) is 8.62. The van der Waals surface area contributed by atoms with Crippen molar-refractivity contribution in [1.29, 1.82) is 0 Å². The number of benzene rings is 2. The minimum atomic E-state index is -0.495. The molecule has 2 aromatic carbocycles. The van der Waals surface area contributed by atoms with Crippen LogP contribution in [0.15, 0.2) is 60.7 Å². The molecule has 0 unspecified atom stereocenters. The average Bonchev–Trinajstić information content (AvgIpc) is 3.49. The van der Waals surface area contributed by atoms with Crippen molar-refractivity contribution in [2.45, 2.75) is 50.9 Å². The number of ether oxygens (including phenoxy) is 1. The summed E-state index contributed by atoms with van der Waals surface area (Å²) >= 11 is 0. The fourth-order valence-electron chi connectivity index (χ4n) is 4.40. The van der Waals surface area contributed by atoms with E-state index in [1.165, 1.54) is 5.56 Å². The van der Waals surface area contributed by atoms with E-state index in [-0.39, 0.29) is 11.9 Å². The number of carbonyl (C=O) groups excluding carboxylic acids is 1. The molecule has 2 heterocycles. The molecule has 1 fully saturated rings. The van der Waals surface area contributed by atoms with Gasteiger partial charge in [-0.2, -0.15) is 5.10 Å². The highest BCUT2D eigenvalue weighted by molar-refractivity contribution is 5.94. The fourth-order valence-corrected chi connectivity index (χ4v) is 4.40. The molecule has 0 spiro atoms. The van der Waals surface area contributed by atoms with Gasteiger partial charge in [-0.3, -0.25) is 4.79 Å². The van der Waals surface area contributed by atoms with Gasteiger partial charge in [0.25, 0.3) is 5.91 Å². The van der Waals surface area contributed by atoms with Gasteiger partial charge < -0.3 is 20.1 Å². The van der Waals surface area contributed by atoms with E-state index < -0.39 is 6.10 Å². The quantitative estimate of drug-likeness (QED) is 0.466. The molecular weight excluding hydrogens is 416 g/mol. The molecule has 0 saturated carbocycles. The van der Waals surface area contributed by atoms with Gasteiger partial charge in [0.15, 0.2) is 0 Å². The largest absolute Gasteiger partial charge is 0.478 e. The first-order chi connectivity index (χ1) is 16.0. The Morgan fingerprint density at radius 2 is 1.94 bits per heavy atom. The molecule has 7 nitrogen and oxygen atoms in total. The Hall–Kier alpha value is -3.16. The molecule has 7 heteroatoms. The number of rotatable bonds is 9. The molecule has 0 bridgehead atoms. The third-order valence-electron chi connectivity index (χ3n) is 6.13. The third-order valence-corrected chi connectivity index (χ3v) is 6.13. The summed E-state index contributed by atoms with van der Waals surface area (Å²) in [6, 6.07) is 19.8. The van der Waals surface area contributed by atoms with Crippen LogP contribution < -0.4 is 10.1 Å². The number of H-pyrrole nitrogens is 1. The monoisotopic (exact) mass is 448 g/mol. The topological polar surface area (TPSA) is 90.5 Å². The number of aromatic amines is 1. The molecular formula is C26H32N4O3. The van der Waals surface area contributed by atoms with Crippen LogP contribution >= 0.6 is 0 Å². The highest BCUT2D eigenvalue weighted by Crippen LogP contribution is 2.26. The molecule has 174 valence electrons. The molecule has 1 aromatic heterocycles. The summed E-state index contributed by atoms with van der Waals surface area (Å²) in [7, 11) is 1.77. The highest BCUT2D eigenvalue weighted by atomic mass is 16.5. The zero-order chi connectivity index (χ0) is 23.2. The summed E-state index contributed by atoms with van der Waals surface area (Å²) in [5.74, 6) is 0.560. The number of hydrogen-bond acceptors (Lipinski definition) is 5. The molecule has 3 atom stereocenters. The highest BCUT2D eigenvalue weighted by Gasteiger charge is 2.29. The lowest BCUT2D eigenvalue weighted by molar-refractivity contribution is 0.0783. The summed E-state index contributed by atoms with van der Waals surface area (Å²) in [4.78, 5) is 14.5. The minimum Gasteiger partial charge on any atom is -0.478 e. The predicted molar refractivity (Wildman–Crippen MR) is 127 cm³/mol.